The van der Waals surface area contributed by atoms with Gasteiger partial charge in [-0.05, 0) is 57.3 Å². The molecule has 1 aliphatic heterocycles. The average Bonchev–Trinajstić information content (AvgIpc) is 2.52. The normalized spacial score (nSPS) is 21.4. The van der Waals surface area contributed by atoms with E-state index in [9.17, 15) is 0 Å². The summed E-state index contributed by atoms with van der Waals surface area (Å²) in [6.07, 6.45) is 7.87. The summed E-state index contributed by atoms with van der Waals surface area (Å²) in [5.74, 6) is 0. The Bertz CT molecular complexity index is 399. The zero-order chi connectivity index (χ0) is 15.1. The number of rotatable bonds is 7. The van der Waals surface area contributed by atoms with E-state index in [-0.39, 0.29) is 0 Å². The number of benzene rings is 1. The largest absolute Gasteiger partial charge is 0.309 e. The second kappa shape index (κ2) is 8.55. The number of likely N-dealkylation sites (N-methyl/N-ethyl adjacent to an activating group) is 1. The van der Waals surface area contributed by atoms with Crippen molar-refractivity contribution < 1.29 is 0 Å². The Kier molecular flexibility index (Phi) is 6.72. The molecule has 118 valence electrons. The minimum absolute atomic E-state index is 0.445. The molecule has 0 aliphatic carbocycles. The van der Waals surface area contributed by atoms with Crippen molar-refractivity contribution in [3.05, 3.63) is 35.4 Å². The van der Waals surface area contributed by atoms with Crippen LogP contribution in [0.3, 0.4) is 0 Å². The van der Waals surface area contributed by atoms with E-state index in [0.717, 1.165) is 6.54 Å². The number of nitrogens with one attached hydrogen (secondary N) is 1. The van der Waals surface area contributed by atoms with Crippen LogP contribution in [-0.2, 0) is 6.42 Å². The van der Waals surface area contributed by atoms with E-state index in [0.29, 0.717) is 12.1 Å². The zero-order valence-corrected chi connectivity index (χ0v) is 14.1. The molecule has 1 N–H and O–H groups in total. The van der Waals surface area contributed by atoms with Gasteiger partial charge in [0.05, 0.1) is 0 Å². The van der Waals surface area contributed by atoms with Gasteiger partial charge in [-0.3, -0.25) is 0 Å². The van der Waals surface area contributed by atoms with Crippen molar-refractivity contribution in [2.75, 3.05) is 20.1 Å². The summed E-state index contributed by atoms with van der Waals surface area (Å²) in [5, 5.41) is 3.72. The van der Waals surface area contributed by atoms with E-state index in [1.165, 1.54) is 56.2 Å². The summed E-state index contributed by atoms with van der Waals surface area (Å²) in [7, 11) is 2.26. The molecule has 2 nitrogen and oxygen atoms in total. The molecule has 1 aromatic carbocycles. The topological polar surface area (TPSA) is 15.3 Å². The van der Waals surface area contributed by atoms with Gasteiger partial charge in [0, 0.05) is 18.6 Å². The lowest BCUT2D eigenvalue weighted by Crippen LogP contribution is -2.43. The molecule has 21 heavy (non-hydrogen) atoms. The summed E-state index contributed by atoms with van der Waals surface area (Å²) in [5.41, 5.74) is 2.88. The Morgan fingerprint density at radius 3 is 2.67 bits per heavy atom. The van der Waals surface area contributed by atoms with Crippen molar-refractivity contribution in [1.82, 2.24) is 10.2 Å². The predicted molar refractivity (Wildman–Crippen MR) is 91.7 cm³/mol. The van der Waals surface area contributed by atoms with Gasteiger partial charge in [-0.2, -0.15) is 0 Å². The van der Waals surface area contributed by atoms with Crippen LogP contribution < -0.4 is 5.32 Å². The highest BCUT2D eigenvalue weighted by atomic mass is 15.2. The van der Waals surface area contributed by atoms with Crippen molar-refractivity contribution in [2.24, 2.45) is 0 Å². The third-order valence-electron chi connectivity index (χ3n) is 4.88. The first-order valence-corrected chi connectivity index (χ1v) is 8.73. The maximum absolute atomic E-state index is 3.72. The van der Waals surface area contributed by atoms with Crippen molar-refractivity contribution in [1.29, 1.82) is 0 Å². The van der Waals surface area contributed by atoms with Crippen molar-refractivity contribution in [3.8, 4) is 0 Å². The van der Waals surface area contributed by atoms with Gasteiger partial charge in [0.1, 0.15) is 0 Å². The highest BCUT2D eigenvalue weighted by Crippen LogP contribution is 2.17. The molecule has 2 heteroatoms. The second-order valence-corrected chi connectivity index (χ2v) is 6.61. The molecule has 2 atom stereocenters. The lowest BCUT2D eigenvalue weighted by molar-refractivity contribution is 0.178. The summed E-state index contributed by atoms with van der Waals surface area (Å²) < 4.78 is 0. The minimum atomic E-state index is 0.445. The molecule has 1 saturated heterocycles. The van der Waals surface area contributed by atoms with Crippen LogP contribution in [-0.4, -0.2) is 31.1 Å². The van der Waals surface area contributed by atoms with Gasteiger partial charge in [0.25, 0.3) is 0 Å². The highest BCUT2D eigenvalue weighted by Gasteiger charge is 2.19. The smallest absolute Gasteiger partial charge is 0.0292 e. The standard InChI is InChI=1S/C19H32N2/c1-4-5-8-17-10-12-18(13-11-17)16(2)20-15-19-9-6-7-14-21(19)3/h10-13,16,19-20H,4-9,14-15H2,1-3H3. The molecule has 0 saturated carbocycles. The van der Waals surface area contributed by atoms with Crippen LogP contribution >= 0.6 is 0 Å². The Morgan fingerprint density at radius 1 is 1.24 bits per heavy atom. The highest BCUT2D eigenvalue weighted by molar-refractivity contribution is 5.24. The van der Waals surface area contributed by atoms with Gasteiger partial charge in [-0.25, -0.2) is 0 Å². The molecular weight excluding hydrogens is 256 g/mol. The third-order valence-corrected chi connectivity index (χ3v) is 4.88. The molecule has 0 amide bonds. The first kappa shape index (κ1) is 16.5. The lowest BCUT2D eigenvalue weighted by Gasteiger charge is -2.33. The van der Waals surface area contributed by atoms with Crippen LogP contribution in [0.25, 0.3) is 0 Å². The van der Waals surface area contributed by atoms with E-state index in [4.69, 9.17) is 0 Å². The van der Waals surface area contributed by atoms with Gasteiger partial charge in [0.2, 0.25) is 0 Å². The molecular formula is C19H32N2. The van der Waals surface area contributed by atoms with Crippen LogP contribution in [0, 0.1) is 0 Å². The Balaban J connectivity index is 1.80. The number of likely N-dealkylation sites (tertiary alicyclic amines) is 1. The van der Waals surface area contributed by atoms with Crippen LogP contribution in [0.2, 0.25) is 0 Å². The molecule has 1 aromatic rings. The molecule has 2 rings (SSSR count). The molecule has 0 aromatic heterocycles. The number of unbranched alkanes of at least 4 members (excludes halogenated alkanes) is 1. The minimum Gasteiger partial charge on any atom is -0.309 e. The summed E-state index contributed by atoms with van der Waals surface area (Å²) >= 11 is 0. The predicted octanol–water partition coefficient (Wildman–Crippen LogP) is 4.16. The SMILES string of the molecule is CCCCc1ccc(C(C)NCC2CCCCN2C)cc1. The summed E-state index contributed by atoms with van der Waals surface area (Å²) in [4.78, 5) is 2.51. The molecule has 1 aliphatic rings. The van der Waals surface area contributed by atoms with Crippen LogP contribution in [0.4, 0.5) is 0 Å². The molecule has 0 radical (unpaired) electrons. The average molecular weight is 288 g/mol. The van der Waals surface area contributed by atoms with Crippen molar-refractivity contribution in [3.63, 3.8) is 0 Å². The van der Waals surface area contributed by atoms with E-state index >= 15 is 0 Å². The summed E-state index contributed by atoms with van der Waals surface area (Å²) in [6, 6.07) is 10.4. The van der Waals surface area contributed by atoms with E-state index < -0.39 is 0 Å². The number of aryl methyl sites for hydroxylation is 1. The fourth-order valence-electron chi connectivity index (χ4n) is 3.19. The fraction of sp³-hybridized carbons (Fsp3) is 0.684. The van der Waals surface area contributed by atoms with E-state index in [1.54, 1.807) is 0 Å². The van der Waals surface area contributed by atoms with Gasteiger partial charge < -0.3 is 10.2 Å². The zero-order valence-electron chi connectivity index (χ0n) is 14.1. The van der Waals surface area contributed by atoms with Gasteiger partial charge in [-0.1, -0.05) is 44.0 Å². The quantitative estimate of drug-likeness (QED) is 0.810. The van der Waals surface area contributed by atoms with Crippen LogP contribution in [0.15, 0.2) is 24.3 Å². The Morgan fingerprint density at radius 2 is 2.00 bits per heavy atom. The fourth-order valence-corrected chi connectivity index (χ4v) is 3.19. The Hall–Kier alpha value is -0.860. The number of piperidine rings is 1. The van der Waals surface area contributed by atoms with Gasteiger partial charge in [-0.15, -0.1) is 0 Å². The maximum Gasteiger partial charge on any atom is 0.0292 e. The Labute approximate surface area is 130 Å². The lowest BCUT2D eigenvalue weighted by atomic mass is 10.0. The first-order valence-electron chi connectivity index (χ1n) is 8.73. The van der Waals surface area contributed by atoms with Crippen LogP contribution in [0.1, 0.15) is 63.1 Å². The van der Waals surface area contributed by atoms with Crippen LogP contribution in [0.5, 0.6) is 0 Å². The van der Waals surface area contributed by atoms with Crippen molar-refractivity contribution in [2.45, 2.75) is 64.5 Å². The number of hydrogen-bond donors (Lipinski definition) is 1. The maximum atomic E-state index is 3.72. The van der Waals surface area contributed by atoms with Crippen molar-refractivity contribution >= 4 is 0 Å². The molecule has 1 heterocycles. The number of nitrogens with zero attached hydrogens (tertiary/aromatic N) is 1. The molecule has 0 spiro atoms. The second-order valence-electron chi connectivity index (χ2n) is 6.61. The molecule has 0 bridgehead atoms. The first-order chi connectivity index (χ1) is 10.2. The molecule has 2 unspecified atom stereocenters. The van der Waals surface area contributed by atoms with Gasteiger partial charge in [0.15, 0.2) is 0 Å². The molecule has 1 fully saturated rings. The number of hydrogen-bond acceptors (Lipinski definition) is 2. The van der Waals surface area contributed by atoms with E-state index in [1.807, 2.05) is 0 Å². The summed E-state index contributed by atoms with van der Waals surface area (Å²) in [6.45, 7) is 6.90. The van der Waals surface area contributed by atoms with Gasteiger partial charge >= 0.3 is 0 Å². The monoisotopic (exact) mass is 288 g/mol. The third kappa shape index (κ3) is 5.12. The van der Waals surface area contributed by atoms with E-state index in [2.05, 4.69) is 55.4 Å².